The smallest absolute Gasteiger partial charge is 0.409 e. The molecule has 76 heavy (non-hydrogen) atoms. The quantitative estimate of drug-likeness (QED) is 0.0858. The van der Waals surface area contributed by atoms with E-state index in [4.69, 9.17) is 9.47 Å². The van der Waals surface area contributed by atoms with Gasteiger partial charge in [0.15, 0.2) is 11.6 Å². The maximum atomic E-state index is 14.5. The number of aromatic nitrogens is 4. The second-order valence-corrected chi connectivity index (χ2v) is 20.0. The predicted octanol–water partition coefficient (Wildman–Crippen LogP) is 12.4. The first kappa shape index (κ1) is 56.2. The van der Waals surface area contributed by atoms with Gasteiger partial charge in [-0.1, -0.05) is 39.8 Å². The first-order chi connectivity index (χ1) is 36.2. The van der Waals surface area contributed by atoms with Gasteiger partial charge in [-0.3, -0.25) is 19.6 Å². The van der Waals surface area contributed by atoms with E-state index in [1.54, 1.807) is 48.7 Å². The van der Waals surface area contributed by atoms with Crippen molar-refractivity contribution in [3.05, 3.63) is 166 Å². The van der Waals surface area contributed by atoms with Gasteiger partial charge in [-0.2, -0.15) is 0 Å². The van der Waals surface area contributed by atoms with E-state index in [1.165, 1.54) is 38.5 Å². The molecule has 18 heteroatoms. The van der Waals surface area contributed by atoms with E-state index in [2.05, 4.69) is 47.6 Å². The molecule has 0 radical (unpaired) electrons. The molecule has 4 aromatic heterocycles. The normalized spacial score (nSPS) is 21.1. The van der Waals surface area contributed by atoms with Crippen molar-refractivity contribution in [2.75, 3.05) is 28.3 Å². The van der Waals surface area contributed by atoms with Crippen LogP contribution in [0.4, 0.5) is 35.9 Å². The number of rotatable bonds is 12. The van der Waals surface area contributed by atoms with Crippen LogP contribution in [0, 0.1) is 58.6 Å². The van der Waals surface area contributed by atoms with Crippen LogP contribution in [0.2, 0.25) is 0 Å². The lowest BCUT2D eigenvalue weighted by molar-refractivity contribution is 0.0619. The molecular weight excluding hydrogens is 991 g/mol. The van der Waals surface area contributed by atoms with Crippen LogP contribution in [0.3, 0.4) is 0 Å². The number of ketones is 2. The summed E-state index contributed by atoms with van der Waals surface area (Å²) in [7, 11) is 6.23. The van der Waals surface area contributed by atoms with Crippen molar-refractivity contribution in [3.63, 3.8) is 0 Å². The van der Waals surface area contributed by atoms with Crippen LogP contribution in [-0.4, -0.2) is 93.9 Å². The van der Waals surface area contributed by atoms with E-state index in [-0.39, 0.29) is 84.0 Å². The van der Waals surface area contributed by atoms with Crippen molar-refractivity contribution in [1.29, 1.82) is 0 Å². The van der Waals surface area contributed by atoms with Gasteiger partial charge in [0.05, 0.1) is 25.3 Å². The van der Waals surface area contributed by atoms with Crippen LogP contribution in [0.1, 0.15) is 108 Å². The molecule has 2 fully saturated rings. The van der Waals surface area contributed by atoms with Crippen molar-refractivity contribution < 1.29 is 55.0 Å². The predicted molar refractivity (Wildman–Crippen MR) is 272 cm³/mol. The Hall–Kier alpha value is -7.50. The minimum atomic E-state index is -0.966. The number of hydrogen-bond acceptors (Lipinski definition) is 10. The zero-order chi connectivity index (χ0) is 55.1. The van der Waals surface area contributed by atoms with Crippen LogP contribution in [-0.2, 0) is 22.3 Å². The number of Topliss-reactive ketones (excluding diaryl/α,β-unsaturated/α-hetero) is 2. The highest BCUT2D eigenvalue weighted by atomic mass is 19.2. The van der Waals surface area contributed by atoms with Gasteiger partial charge in [0, 0.05) is 63.8 Å². The molecule has 8 rings (SSSR count). The Morgan fingerprint density at radius 3 is 1.14 bits per heavy atom. The lowest BCUT2D eigenvalue weighted by atomic mass is 9.69. The Morgan fingerprint density at radius 1 is 0.500 bits per heavy atom. The molecule has 6 aromatic rings. The highest BCUT2D eigenvalue weighted by Gasteiger charge is 2.40. The summed E-state index contributed by atoms with van der Waals surface area (Å²) in [6.45, 7) is 8.41. The Balaban J connectivity index is 0.000000221. The van der Waals surface area contributed by atoms with Gasteiger partial charge >= 0.3 is 12.2 Å². The van der Waals surface area contributed by atoms with Crippen LogP contribution in [0.5, 0.6) is 0 Å². The minimum absolute atomic E-state index is 0.0197. The van der Waals surface area contributed by atoms with Crippen LogP contribution < -0.4 is 0 Å². The van der Waals surface area contributed by atoms with E-state index < -0.39 is 69.0 Å². The fraction of sp³-hybridized carbons (Fsp3) is 0.379. The number of carbonyl (C=O) groups excluding carboxylic acids is 4. The molecule has 8 atom stereocenters. The summed E-state index contributed by atoms with van der Waals surface area (Å²) in [5.41, 5.74) is 0.882. The summed E-state index contributed by atoms with van der Waals surface area (Å²) >= 11 is 0. The molecule has 4 unspecified atom stereocenters. The molecule has 0 saturated heterocycles. The number of carbonyl (C=O) groups is 4. The number of hydrogen-bond donors (Lipinski definition) is 0. The van der Waals surface area contributed by atoms with Crippen molar-refractivity contribution in [1.82, 2.24) is 29.7 Å². The molecule has 2 amide bonds. The Morgan fingerprint density at radius 2 is 0.829 bits per heavy atom. The second-order valence-electron chi connectivity index (χ2n) is 20.0. The first-order valence-corrected chi connectivity index (χ1v) is 25.0. The topological polar surface area (TPSA) is 145 Å². The molecule has 400 valence electrons. The molecule has 0 bridgehead atoms. The lowest BCUT2D eigenvalue weighted by Crippen LogP contribution is -2.48. The number of benzene rings is 2. The molecule has 2 aliphatic rings. The largest absolute Gasteiger partial charge is 0.453 e. The standard InChI is InChI=1S/2C29H30F3N3O3/c2*1-16-12-18(13-17(2)28(16)35(3)29(37)38-4)20-10-11-33-15-19(20)14-25(36)24-9-8-23(32)27(34-24)26-21(30)6-5-7-22(26)31/h2*5-11,15-18,28H,12-14H2,1-4H3/t2*16-,17+,18?,28?. The molecule has 2 aliphatic carbocycles. The molecular formula is C58H60F6N6O6. The molecule has 0 N–H and O–H groups in total. The average molecular weight is 1050 g/mol. The van der Waals surface area contributed by atoms with E-state index in [0.29, 0.717) is 11.1 Å². The van der Waals surface area contributed by atoms with Crippen LogP contribution >= 0.6 is 0 Å². The molecule has 4 heterocycles. The SMILES string of the molecule is COC(=O)N(C)C1[C@H](C)CC(c2ccncc2CC(=O)c2ccc(F)c(-c3c(F)cccc3F)n2)C[C@@H]1C.COC(=O)N(C)C1[C@H](C)CC(c2ccncc2CC(=O)c2ccc(F)c(-c3c(F)cccc3F)n2)C[C@@H]1C. The van der Waals surface area contributed by atoms with Gasteiger partial charge in [0.1, 0.15) is 57.7 Å². The molecule has 12 nitrogen and oxygen atoms in total. The fourth-order valence-corrected chi connectivity index (χ4v) is 11.7. The Bertz CT molecular complexity index is 2840. The third-order valence-corrected chi connectivity index (χ3v) is 14.9. The van der Waals surface area contributed by atoms with Gasteiger partial charge in [-0.05, 0) is 144 Å². The summed E-state index contributed by atoms with van der Waals surface area (Å²) in [6, 6.07) is 14.6. The number of halogens is 6. The number of methoxy groups -OCH3 is 2. The molecule has 0 spiro atoms. The Kier molecular flexibility index (Phi) is 18.1. The second kappa shape index (κ2) is 24.4. The number of ether oxygens (including phenoxy) is 2. The third kappa shape index (κ3) is 12.3. The van der Waals surface area contributed by atoms with Crippen molar-refractivity contribution in [2.24, 2.45) is 23.7 Å². The fourth-order valence-electron chi connectivity index (χ4n) is 11.7. The molecule has 2 aromatic carbocycles. The summed E-state index contributed by atoms with van der Waals surface area (Å²) in [5.74, 6) is -5.55. The van der Waals surface area contributed by atoms with Gasteiger partial charge in [0.25, 0.3) is 0 Å². The van der Waals surface area contributed by atoms with E-state index in [0.717, 1.165) is 73.2 Å². The highest BCUT2D eigenvalue weighted by molar-refractivity contribution is 5.97. The summed E-state index contributed by atoms with van der Waals surface area (Å²) in [4.78, 5) is 70.4. The van der Waals surface area contributed by atoms with Gasteiger partial charge in [-0.15, -0.1) is 0 Å². The number of pyridine rings is 4. The summed E-state index contributed by atoms with van der Waals surface area (Å²) in [6.07, 6.45) is 8.98. The molecule has 2 saturated carbocycles. The third-order valence-electron chi connectivity index (χ3n) is 14.9. The van der Waals surface area contributed by atoms with Gasteiger partial charge in [0.2, 0.25) is 0 Å². The van der Waals surface area contributed by atoms with Crippen LogP contribution in [0.25, 0.3) is 22.5 Å². The summed E-state index contributed by atoms with van der Waals surface area (Å²) in [5, 5.41) is 0. The van der Waals surface area contributed by atoms with E-state index in [9.17, 15) is 45.5 Å². The van der Waals surface area contributed by atoms with Gasteiger partial charge in [-0.25, -0.2) is 45.9 Å². The number of amides is 2. The number of nitrogens with zero attached hydrogens (tertiary/aromatic N) is 6. The van der Waals surface area contributed by atoms with Gasteiger partial charge < -0.3 is 19.3 Å². The monoisotopic (exact) mass is 1050 g/mol. The first-order valence-electron chi connectivity index (χ1n) is 25.0. The average Bonchev–Trinajstić information content (AvgIpc) is 3.39. The highest BCUT2D eigenvalue weighted by Crippen LogP contribution is 2.44. The summed E-state index contributed by atoms with van der Waals surface area (Å²) < 4.78 is 96.0. The zero-order valence-corrected chi connectivity index (χ0v) is 43.5. The Labute approximate surface area is 437 Å². The van der Waals surface area contributed by atoms with E-state index in [1.807, 2.05) is 12.1 Å². The lowest BCUT2D eigenvalue weighted by Gasteiger charge is -2.43. The van der Waals surface area contributed by atoms with Crippen molar-refractivity contribution in [3.8, 4) is 22.5 Å². The van der Waals surface area contributed by atoms with E-state index >= 15 is 0 Å². The van der Waals surface area contributed by atoms with Crippen LogP contribution in [0.15, 0.2) is 97.6 Å². The van der Waals surface area contributed by atoms with Crippen molar-refractivity contribution in [2.45, 2.75) is 90.1 Å². The zero-order valence-electron chi connectivity index (χ0n) is 43.5. The molecule has 0 aliphatic heterocycles. The maximum Gasteiger partial charge on any atom is 0.409 e. The van der Waals surface area contributed by atoms with Crippen molar-refractivity contribution >= 4 is 23.8 Å². The minimum Gasteiger partial charge on any atom is -0.453 e. The maximum absolute atomic E-state index is 14.5.